The minimum absolute atomic E-state index is 0.00175. The Morgan fingerprint density at radius 3 is 2.78 bits per heavy atom. The summed E-state index contributed by atoms with van der Waals surface area (Å²) in [6.07, 6.45) is 2.00. The Morgan fingerprint density at radius 2 is 2.22 bits per heavy atom. The monoisotopic (exact) mass is 255 g/mol. The van der Waals surface area contributed by atoms with Crippen molar-refractivity contribution in [1.29, 1.82) is 0 Å². The van der Waals surface area contributed by atoms with E-state index in [9.17, 15) is 10.1 Å². The molecule has 0 spiro atoms. The third-order valence-electron chi connectivity index (χ3n) is 2.20. The fourth-order valence-electron chi connectivity index (χ4n) is 1.37. The van der Waals surface area contributed by atoms with Gasteiger partial charge in [-0.15, -0.1) is 0 Å². The van der Waals surface area contributed by atoms with Crippen LogP contribution in [0, 0.1) is 10.1 Å². The predicted octanol–water partition coefficient (Wildman–Crippen LogP) is 0.757. The van der Waals surface area contributed by atoms with Crippen LogP contribution in [0.2, 0.25) is 0 Å². The van der Waals surface area contributed by atoms with E-state index in [-0.39, 0.29) is 17.4 Å². The zero-order chi connectivity index (χ0) is 13.5. The van der Waals surface area contributed by atoms with E-state index in [1.807, 2.05) is 19.0 Å². The summed E-state index contributed by atoms with van der Waals surface area (Å²) in [7, 11) is 5.46. The van der Waals surface area contributed by atoms with Crippen molar-refractivity contribution in [2.45, 2.75) is 6.42 Å². The van der Waals surface area contributed by atoms with Crippen molar-refractivity contribution >= 4 is 11.5 Å². The van der Waals surface area contributed by atoms with Crippen LogP contribution in [0.3, 0.4) is 0 Å². The molecular formula is C10H17N5O3. The highest BCUT2D eigenvalue weighted by atomic mass is 16.6. The third-order valence-corrected chi connectivity index (χ3v) is 2.20. The largest absolute Gasteiger partial charge is 0.473 e. The summed E-state index contributed by atoms with van der Waals surface area (Å²) in [6, 6.07) is 0. The first kappa shape index (κ1) is 14.1. The number of nitro groups is 1. The Balaban J connectivity index is 2.72. The summed E-state index contributed by atoms with van der Waals surface area (Å²) >= 11 is 0. The average Bonchev–Trinajstić information content (AvgIpc) is 2.33. The number of aromatic nitrogens is 2. The molecule has 0 aliphatic heterocycles. The van der Waals surface area contributed by atoms with Crippen LogP contribution in [-0.4, -0.2) is 54.1 Å². The zero-order valence-corrected chi connectivity index (χ0v) is 10.7. The molecule has 1 rings (SSSR count). The lowest BCUT2D eigenvalue weighted by Crippen LogP contribution is -2.16. The van der Waals surface area contributed by atoms with E-state index >= 15 is 0 Å². The van der Waals surface area contributed by atoms with Crippen molar-refractivity contribution in [1.82, 2.24) is 14.9 Å². The molecule has 8 nitrogen and oxygen atoms in total. The predicted molar refractivity (Wildman–Crippen MR) is 66.9 cm³/mol. The summed E-state index contributed by atoms with van der Waals surface area (Å²) in [5.74, 6) is 0.149. The van der Waals surface area contributed by atoms with E-state index in [1.54, 1.807) is 7.05 Å². The van der Waals surface area contributed by atoms with Gasteiger partial charge in [0.25, 0.3) is 5.88 Å². The molecule has 0 radical (unpaired) electrons. The lowest BCUT2D eigenvalue weighted by atomic mass is 10.4. The SMILES string of the molecule is CNc1ncnc(OCCCN(C)C)c1[N+](=O)[O-]. The van der Waals surface area contributed by atoms with Gasteiger partial charge in [-0.1, -0.05) is 0 Å². The lowest BCUT2D eigenvalue weighted by molar-refractivity contribution is -0.385. The number of anilines is 1. The van der Waals surface area contributed by atoms with Gasteiger partial charge in [0.2, 0.25) is 5.82 Å². The minimum Gasteiger partial charge on any atom is -0.473 e. The molecule has 1 aromatic heterocycles. The second-order valence-electron chi connectivity index (χ2n) is 3.89. The first-order chi connectivity index (χ1) is 8.56. The number of nitrogens with zero attached hydrogens (tertiary/aromatic N) is 4. The van der Waals surface area contributed by atoms with Crippen molar-refractivity contribution in [3.63, 3.8) is 0 Å². The molecule has 0 atom stereocenters. The maximum Gasteiger partial charge on any atom is 0.372 e. The summed E-state index contributed by atoms with van der Waals surface area (Å²) in [5.41, 5.74) is -0.232. The van der Waals surface area contributed by atoms with Gasteiger partial charge in [-0.25, -0.2) is 4.98 Å². The van der Waals surface area contributed by atoms with Gasteiger partial charge >= 0.3 is 5.69 Å². The second-order valence-corrected chi connectivity index (χ2v) is 3.89. The van der Waals surface area contributed by atoms with Crippen LogP contribution in [0.4, 0.5) is 11.5 Å². The zero-order valence-electron chi connectivity index (χ0n) is 10.7. The van der Waals surface area contributed by atoms with Crippen molar-refractivity contribution in [3.05, 3.63) is 16.4 Å². The minimum atomic E-state index is -0.548. The van der Waals surface area contributed by atoms with E-state index in [4.69, 9.17) is 4.74 Å². The lowest BCUT2D eigenvalue weighted by Gasteiger charge is -2.10. The van der Waals surface area contributed by atoms with Crippen molar-refractivity contribution < 1.29 is 9.66 Å². The molecule has 0 bridgehead atoms. The number of nitrogens with one attached hydrogen (secondary N) is 1. The molecule has 18 heavy (non-hydrogen) atoms. The molecule has 1 N–H and O–H groups in total. The van der Waals surface area contributed by atoms with Crippen LogP contribution in [-0.2, 0) is 0 Å². The molecule has 100 valence electrons. The number of hydrogen-bond acceptors (Lipinski definition) is 7. The van der Waals surface area contributed by atoms with E-state index in [2.05, 4.69) is 15.3 Å². The third kappa shape index (κ3) is 3.81. The van der Waals surface area contributed by atoms with Crippen LogP contribution in [0.15, 0.2) is 6.33 Å². The Morgan fingerprint density at radius 1 is 1.50 bits per heavy atom. The highest BCUT2D eigenvalue weighted by molar-refractivity contribution is 5.60. The molecule has 0 amide bonds. The fraction of sp³-hybridized carbons (Fsp3) is 0.600. The molecule has 1 aromatic rings. The fourth-order valence-corrected chi connectivity index (χ4v) is 1.37. The summed E-state index contributed by atoms with van der Waals surface area (Å²) in [5, 5.41) is 13.6. The number of rotatable bonds is 7. The van der Waals surface area contributed by atoms with Crippen LogP contribution in [0.25, 0.3) is 0 Å². The van der Waals surface area contributed by atoms with Gasteiger partial charge in [-0.05, 0) is 20.5 Å². The highest BCUT2D eigenvalue weighted by Gasteiger charge is 2.23. The van der Waals surface area contributed by atoms with E-state index in [0.717, 1.165) is 13.0 Å². The topological polar surface area (TPSA) is 93.4 Å². The Kier molecular flexibility index (Phi) is 5.25. The second kappa shape index (κ2) is 6.70. The summed E-state index contributed by atoms with van der Waals surface area (Å²) in [6.45, 7) is 1.22. The molecule has 0 saturated carbocycles. The van der Waals surface area contributed by atoms with Gasteiger partial charge < -0.3 is 15.0 Å². The van der Waals surface area contributed by atoms with Crippen molar-refractivity contribution in [3.8, 4) is 5.88 Å². The van der Waals surface area contributed by atoms with Gasteiger partial charge in [-0.3, -0.25) is 10.1 Å². The maximum absolute atomic E-state index is 10.9. The Bertz CT molecular complexity index is 410. The van der Waals surface area contributed by atoms with Crippen LogP contribution in [0.1, 0.15) is 6.42 Å². The van der Waals surface area contributed by atoms with E-state index in [0.29, 0.717) is 6.61 Å². The van der Waals surface area contributed by atoms with E-state index in [1.165, 1.54) is 6.33 Å². The van der Waals surface area contributed by atoms with Gasteiger partial charge in [0, 0.05) is 13.6 Å². The molecular weight excluding hydrogens is 238 g/mol. The normalized spacial score (nSPS) is 10.4. The van der Waals surface area contributed by atoms with Gasteiger partial charge in [0.1, 0.15) is 6.33 Å². The molecule has 1 heterocycles. The smallest absolute Gasteiger partial charge is 0.372 e. The Labute approximate surface area is 105 Å². The quantitative estimate of drug-likeness (QED) is 0.436. The molecule has 0 aromatic carbocycles. The Hall–Kier alpha value is -1.96. The molecule has 0 saturated heterocycles. The first-order valence-electron chi connectivity index (χ1n) is 5.51. The maximum atomic E-state index is 10.9. The number of hydrogen-bond donors (Lipinski definition) is 1. The standard InChI is InChI=1S/C10H17N5O3/c1-11-9-8(15(16)17)10(13-7-12-9)18-6-4-5-14(2)3/h7H,4-6H2,1-3H3,(H,11,12,13). The molecule has 0 aliphatic rings. The summed E-state index contributed by atoms with van der Waals surface area (Å²) in [4.78, 5) is 20.0. The molecule has 8 heteroatoms. The van der Waals surface area contributed by atoms with Crippen LogP contribution < -0.4 is 10.1 Å². The van der Waals surface area contributed by atoms with Crippen LogP contribution >= 0.6 is 0 Å². The van der Waals surface area contributed by atoms with Gasteiger partial charge in [0.05, 0.1) is 11.5 Å². The van der Waals surface area contributed by atoms with Crippen molar-refractivity contribution in [2.24, 2.45) is 0 Å². The molecule has 0 fully saturated rings. The van der Waals surface area contributed by atoms with E-state index < -0.39 is 4.92 Å². The highest BCUT2D eigenvalue weighted by Crippen LogP contribution is 2.30. The molecule has 0 aliphatic carbocycles. The summed E-state index contributed by atoms with van der Waals surface area (Å²) < 4.78 is 5.33. The first-order valence-corrected chi connectivity index (χ1v) is 5.51. The van der Waals surface area contributed by atoms with Crippen molar-refractivity contribution in [2.75, 3.05) is 39.6 Å². The molecule has 0 unspecified atom stereocenters. The van der Waals surface area contributed by atoms with Crippen LogP contribution in [0.5, 0.6) is 5.88 Å². The van der Waals surface area contributed by atoms with Gasteiger partial charge in [-0.2, -0.15) is 4.98 Å². The van der Waals surface area contributed by atoms with Gasteiger partial charge in [0.15, 0.2) is 0 Å². The number of ether oxygens (including phenoxy) is 1. The average molecular weight is 255 g/mol.